The second-order valence-electron chi connectivity index (χ2n) is 11.3. The summed E-state index contributed by atoms with van der Waals surface area (Å²) in [5, 5.41) is 25.1. The number of benzene rings is 2. The first kappa shape index (κ1) is 30.2. The number of amides is 2. The minimum absolute atomic E-state index is 0.0459. The van der Waals surface area contributed by atoms with Crippen molar-refractivity contribution in [1.29, 1.82) is 10.8 Å². The molecule has 2 fully saturated rings. The van der Waals surface area contributed by atoms with Gasteiger partial charge in [0.25, 0.3) is 0 Å². The fourth-order valence-electron chi connectivity index (χ4n) is 6.15. The summed E-state index contributed by atoms with van der Waals surface area (Å²) >= 11 is 0. The molecule has 1 saturated carbocycles. The van der Waals surface area contributed by atoms with Crippen LogP contribution in [0.3, 0.4) is 0 Å². The number of hydrogen-bond donors (Lipinski definition) is 7. The van der Waals surface area contributed by atoms with Crippen molar-refractivity contribution in [2.75, 3.05) is 13.1 Å². The molecule has 0 radical (unpaired) electrons. The zero-order valence-electron chi connectivity index (χ0n) is 23.4. The van der Waals surface area contributed by atoms with Crippen molar-refractivity contribution in [3.8, 4) is 0 Å². The normalized spacial score (nSPS) is 18.6. The van der Waals surface area contributed by atoms with Crippen LogP contribution in [0, 0.1) is 28.5 Å². The van der Waals surface area contributed by atoms with Crippen LogP contribution in [-0.2, 0) is 16.0 Å². The molecule has 2 aromatic carbocycles. The van der Waals surface area contributed by atoms with E-state index in [1.165, 1.54) is 6.07 Å². The average molecular weight is 564 g/mol. The standard InChI is InChI=1S/C31H42FN7O2/c32-25-9-5-4-8-23(25)24(18-19-10-12-22(13-11-19)28(33)34)30(40)39-27(20-6-2-1-3-7-20)31(41)38-26(29(35)36)21-14-16-37-17-15-21/h4-5,8-13,20-21,24,26-27,37H,1-3,6-7,14-18H2,(H3,33,34)(H3,35,36)(H,38,41)(H,39,40). The molecule has 0 bridgehead atoms. The molecule has 2 amide bonds. The molecular weight excluding hydrogens is 521 g/mol. The maximum Gasteiger partial charge on any atom is 0.243 e. The van der Waals surface area contributed by atoms with Gasteiger partial charge in [-0.3, -0.25) is 20.4 Å². The van der Waals surface area contributed by atoms with Gasteiger partial charge in [0, 0.05) is 11.1 Å². The molecule has 0 spiro atoms. The van der Waals surface area contributed by atoms with Crippen molar-refractivity contribution in [1.82, 2.24) is 16.0 Å². The third kappa shape index (κ3) is 7.91. The van der Waals surface area contributed by atoms with Crippen LogP contribution in [0.4, 0.5) is 4.39 Å². The van der Waals surface area contributed by atoms with E-state index in [9.17, 15) is 9.59 Å². The molecule has 3 unspecified atom stereocenters. The van der Waals surface area contributed by atoms with E-state index in [-0.39, 0.29) is 41.4 Å². The lowest BCUT2D eigenvalue weighted by Gasteiger charge is -2.35. The Hall–Kier alpha value is -3.79. The van der Waals surface area contributed by atoms with Crippen LogP contribution in [0.5, 0.6) is 0 Å². The van der Waals surface area contributed by atoms with Crippen molar-refractivity contribution in [3.63, 3.8) is 0 Å². The second kappa shape index (κ2) is 14.2. The van der Waals surface area contributed by atoms with Gasteiger partial charge in [-0.25, -0.2) is 4.39 Å². The Balaban J connectivity index is 1.59. The predicted molar refractivity (Wildman–Crippen MR) is 158 cm³/mol. The molecule has 9 N–H and O–H groups in total. The third-order valence-electron chi connectivity index (χ3n) is 8.49. The first-order valence-corrected chi connectivity index (χ1v) is 14.6. The van der Waals surface area contributed by atoms with Gasteiger partial charge < -0.3 is 27.4 Å². The van der Waals surface area contributed by atoms with Crippen molar-refractivity contribution in [2.45, 2.75) is 69.4 Å². The van der Waals surface area contributed by atoms with Crippen molar-refractivity contribution >= 4 is 23.5 Å². The van der Waals surface area contributed by atoms with Gasteiger partial charge in [0.15, 0.2) is 0 Å². The van der Waals surface area contributed by atoms with E-state index in [0.29, 0.717) is 5.56 Å². The average Bonchev–Trinajstić information content (AvgIpc) is 2.98. The van der Waals surface area contributed by atoms with Crippen molar-refractivity contribution < 1.29 is 14.0 Å². The van der Waals surface area contributed by atoms with Gasteiger partial charge in [-0.1, -0.05) is 61.7 Å². The summed E-state index contributed by atoms with van der Waals surface area (Å²) in [6.45, 7) is 1.59. The lowest BCUT2D eigenvalue weighted by Crippen LogP contribution is -2.58. The molecule has 9 nitrogen and oxygen atoms in total. The molecule has 1 saturated heterocycles. The summed E-state index contributed by atoms with van der Waals surface area (Å²) in [4.78, 5) is 27.8. The maximum absolute atomic E-state index is 15.0. The van der Waals surface area contributed by atoms with E-state index in [0.717, 1.165) is 63.6 Å². The number of carbonyl (C=O) groups is 2. The molecule has 220 valence electrons. The van der Waals surface area contributed by atoms with Gasteiger partial charge in [-0.15, -0.1) is 0 Å². The Bertz CT molecular complexity index is 1220. The van der Waals surface area contributed by atoms with Crippen LogP contribution in [0.25, 0.3) is 0 Å². The molecule has 10 heteroatoms. The molecule has 4 rings (SSSR count). The van der Waals surface area contributed by atoms with Gasteiger partial charge in [0.2, 0.25) is 11.8 Å². The Morgan fingerprint density at radius 2 is 1.46 bits per heavy atom. The highest BCUT2D eigenvalue weighted by Gasteiger charge is 2.36. The minimum atomic E-state index is -0.883. The molecular formula is C31H42FN7O2. The van der Waals surface area contributed by atoms with E-state index in [1.54, 1.807) is 42.5 Å². The number of amidine groups is 2. The van der Waals surface area contributed by atoms with Crippen molar-refractivity contribution in [2.24, 2.45) is 23.3 Å². The van der Waals surface area contributed by atoms with Crippen LogP contribution in [0.1, 0.15) is 67.6 Å². The Morgan fingerprint density at radius 1 is 0.854 bits per heavy atom. The molecule has 0 aromatic heterocycles. The Morgan fingerprint density at radius 3 is 2.07 bits per heavy atom. The second-order valence-corrected chi connectivity index (χ2v) is 11.3. The zero-order valence-corrected chi connectivity index (χ0v) is 23.4. The van der Waals surface area contributed by atoms with Gasteiger partial charge in [0.1, 0.15) is 23.5 Å². The minimum Gasteiger partial charge on any atom is -0.386 e. The number of halogens is 1. The molecule has 3 atom stereocenters. The number of hydrogen-bond acceptors (Lipinski definition) is 5. The van der Waals surface area contributed by atoms with Crippen LogP contribution in [0.15, 0.2) is 48.5 Å². The number of piperidine rings is 1. The lowest BCUT2D eigenvalue weighted by molar-refractivity contribution is -0.131. The summed E-state index contributed by atoms with van der Waals surface area (Å²) in [6, 6.07) is 11.7. The maximum atomic E-state index is 15.0. The lowest BCUT2D eigenvalue weighted by atomic mass is 9.82. The van der Waals surface area contributed by atoms with E-state index < -0.39 is 29.7 Å². The van der Waals surface area contributed by atoms with E-state index in [4.69, 9.17) is 22.3 Å². The SMILES string of the molecule is N=C(N)c1ccc(CC(C(=O)NC(C(=O)NC(C(=N)N)C2CCNCC2)C2CCCCC2)c2ccccc2F)cc1. The third-order valence-corrected chi connectivity index (χ3v) is 8.49. The summed E-state index contributed by atoms with van der Waals surface area (Å²) in [7, 11) is 0. The Kier molecular flexibility index (Phi) is 10.5. The molecule has 2 aliphatic rings. The van der Waals surface area contributed by atoms with Crippen LogP contribution >= 0.6 is 0 Å². The highest BCUT2D eigenvalue weighted by molar-refractivity contribution is 5.95. The monoisotopic (exact) mass is 563 g/mol. The number of nitrogen functional groups attached to an aromatic ring is 1. The van der Waals surface area contributed by atoms with E-state index >= 15 is 4.39 Å². The predicted octanol–water partition coefficient (Wildman–Crippen LogP) is 2.92. The van der Waals surface area contributed by atoms with Gasteiger partial charge in [-0.05, 0) is 68.7 Å². The molecule has 1 aliphatic heterocycles. The molecule has 41 heavy (non-hydrogen) atoms. The van der Waals surface area contributed by atoms with Gasteiger partial charge >= 0.3 is 0 Å². The fraction of sp³-hybridized carbons (Fsp3) is 0.484. The quantitative estimate of drug-likeness (QED) is 0.164. The summed E-state index contributed by atoms with van der Waals surface area (Å²) in [5.41, 5.74) is 13.1. The Labute approximate surface area is 241 Å². The number of carbonyl (C=O) groups excluding carboxylic acids is 2. The molecule has 2 aromatic rings. The van der Waals surface area contributed by atoms with E-state index in [1.807, 2.05) is 0 Å². The first-order chi connectivity index (χ1) is 19.7. The van der Waals surface area contributed by atoms with Crippen molar-refractivity contribution in [3.05, 3.63) is 71.0 Å². The van der Waals surface area contributed by atoms with Crippen LogP contribution in [0.2, 0.25) is 0 Å². The van der Waals surface area contributed by atoms with Crippen LogP contribution in [-0.4, -0.2) is 48.7 Å². The number of nitrogens with two attached hydrogens (primary N) is 2. The van der Waals surface area contributed by atoms with E-state index in [2.05, 4.69) is 16.0 Å². The van der Waals surface area contributed by atoms with Crippen LogP contribution < -0.4 is 27.4 Å². The summed E-state index contributed by atoms with van der Waals surface area (Å²) in [6.07, 6.45) is 6.40. The van der Waals surface area contributed by atoms with Gasteiger partial charge in [0.05, 0.1) is 12.0 Å². The zero-order chi connectivity index (χ0) is 29.4. The number of rotatable bonds is 11. The largest absolute Gasteiger partial charge is 0.386 e. The fourth-order valence-corrected chi connectivity index (χ4v) is 6.15. The smallest absolute Gasteiger partial charge is 0.243 e. The highest BCUT2D eigenvalue weighted by Crippen LogP contribution is 2.29. The highest BCUT2D eigenvalue weighted by atomic mass is 19.1. The topological polar surface area (TPSA) is 170 Å². The summed E-state index contributed by atoms with van der Waals surface area (Å²) < 4.78 is 15.0. The molecule has 1 heterocycles. The number of nitrogens with one attached hydrogen (secondary N) is 5. The molecule has 1 aliphatic carbocycles. The first-order valence-electron chi connectivity index (χ1n) is 14.6. The van der Waals surface area contributed by atoms with Gasteiger partial charge in [-0.2, -0.15) is 0 Å². The summed E-state index contributed by atoms with van der Waals surface area (Å²) in [5.74, 6) is -2.32.